The van der Waals surface area contributed by atoms with Crippen molar-refractivity contribution in [2.75, 3.05) is 11.4 Å². The summed E-state index contributed by atoms with van der Waals surface area (Å²) in [6.07, 6.45) is -1.99. The molecule has 1 amide bonds. The highest BCUT2D eigenvalue weighted by Gasteiger charge is 2.52. The molecule has 4 heterocycles. The van der Waals surface area contributed by atoms with Crippen molar-refractivity contribution in [3.8, 4) is 0 Å². The molecule has 1 aromatic carbocycles. The van der Waals surface area contributed by atoms with Crippen LogP contribution < -0.4 is 15.7 Å². The van der Waals surface area contributed by atoms with Gasteiger partial charge in [-0.2, -0.15) is 13.2 Å². The van der Waals surface area contributed by atoms with Crippen LogP contribution in [0.25, 0.3) is 0 Å². The van der Waals surface area contributed by atoms with Crippen molar-refractivity contribution in [1.29, 1.82) is 0 Å². The van der Waals surface area contributed by atoms with E-state index in [-0.39, 0.29) is 17.9 Å². The Kier molecular flexibility index (Phi) is 6.40. The molecule has 3 fully saturated rings. The Balaban J connectivity index is 1.25. The molecular formula is C30H36BF3N4O3. The fraction of sp³-hybridized carbons (Fsp3) is 0.567. The number of hydrogen-bond donors (Lipinski definition) is 1. The van der Waals surface area contributed by atoms with Gasteiger partial charge in [-0.1, -0.05) is 12.1 Å². The molecule has 0 bridgehead atoms. The van der Waals surface area contributed by atoms with Gasteiger partial charge >= 0.3 is 13.3 Å². The number of hydrogen-bond acceptors (Lipinski definition) is 6. The topological polar surface area (TPSA) is 76.1 Å². The molecule has 11 heteroatoms. The van der Waals surface area contributed by atoms with Gasteiger partial charge in [0.25, 0.3) is 5.91 Å². The minimum atomic E-state index is -4.52. The van der Waals surface area contributed by atoms with E-state index < -0.39 is 35.7 Å². The molecule has 41 heavy (non-hydrogen) atoms. The summed E-state index contributed by atoms with van der Waals surface area (Å²) >= 11 is 0. The van der Waals surface area contributed by atoms with Crippen molar-refractivity contribution in [2.24, 2.45) is 4.99 Å². The average molecular weight is 568 g/mol. The van der Waals surface area contributed by atoms with Crippen LogP contribution in [0.15, 0.2) is 35.3 Å². The molecule has 2 atom stereocenters. The summed E-state index contributed by atoms with van der Waals surface area (Å²) in [5.74, 6) is 0.0875. The lowest BCUT2D eigenvalue weighted by molar-refractivity contribution is -0.141. The minimum Gasteiger partial charge on any atom is -0.399 e. The Morgan fingerprint density at radius 3 is 2.37 bits per heavy atom. The first kappa shape index (κ1) is 28.2. The molecule has 6 rings (SSSR count). The monoisotopic (exact) mass is 568 g/mol. The van der Waals surface area contributed by atoms with Crippen LogP contribution in [0.3, 0.4) is 0 Å². The molecule has 3 aliphatic heterocycles. The van der Waals surface area contributed by atoms with Gasteiger partial charge in [0.1, 0.15) is 17.1 Å². The predicted molar refractivity (Wildman–Crippen MR) is 152 cm³/mol. The summed E-state index contributed by atoms with van der Waals surface area (Å²) in [7, 11) is -0.475. The summed E-state index contributed by atoms with van der Waals surface area (Å²) in [6.45, 7) is 12.9. The van der Waals surface area contributed by atoms with Crippen molar-refractivity contribution in [1.82, 2.24) is 10.3 Å². The normalized spacial score (nSPS) is 27.4. The second-order valence-electron chi connectivity index (χ2n) is 13.0. The molecule has 1 N–H and O–H groups in total. The number of carbonyl (C=O) groups is 1. The van der Waals surface area contributed by atoms with Gasteiger partial charge < -0.3 is 19.5 Å². The van der Waals surface area contributed by atoms with Gasteiger partial charge in [-0.25, -0.2) is 4.98 Å². The average Bonchev–Trinajstić information content (AvgIpc) is 3.64. The fourth-order valence-electron chi connectivity index (χ4n) is 6.10. The van der Waals surface area contributed by atoms with Gasteiger partial charge in [-0.15, -0.1) is 0 Å². The Labute approximate surface area is 239 Å². The van der Waals surface area contributed by atoms with Crippen molar-refractivity contribution < 1.29 is 27.3 Å². The molecule has 1 spiro atoms. The zero-order valence-corrected chi connectivity index (χ0v) is 24.4. The minimum absolute atomic E-state index is 0.0153. The third-order valence-electron chi connectivity index (χ3n) is 9.41. The molecule has 7 nitrogen and oxygen atoms in total. The third kappa shape index (κ3) is 4.84. The number of nitrogens with zero attached hydrogens (tertiary/aromatic N) is 3. The summed E-state index contributed by atoms with van der Waals surface area (Å²) in [4.78, 5) is 24.5. The number of carbonyl (C=O) groups excluding carboxylic acids is 1. The maximum atomic E-state index is 13.4. The van der Waals surface area contributed by atoms with E-state index in [1.807, 2.05) is 33.8 Å². The second kappa shape index (κ2) is 9.29. The molecule has 0 radical (unpaired) electrons. The Bertz CT molecular complexity index is 1420. The van der Waals surface area contributed by atoms with Gasteiger partial charge in [-0.3, -0.25) is 9.79 Å². The van der Waals surface area contributed by atoms with Crippen LogP contribution in [0, 0.1) is 6.92 Å². The van der Waals surface area contributed by atoms with Crippen molar-refractivity contribution in [2.45, 2.75) is 102 Å². The smallest absolute Gasteiger partial charge is 0.399 e. The molecule has 218 valence electrons. The van der Waals surface area contributed by atoms with Crippen molar-refractivity contribution >= 4 is 30.0 Å². The first-order valence-electron chi connectivity index (χ1n) is 14.3. The highest BCUT2D eigenvalue weighted by atomic mass is 19.4. The number of pyridine rings is 1. The number of rotatable bonds is 4. The van der Waals surface area contributed by atoms with E-state index in [1.54, 1.807) is 0 Å². The summed E-state index contributed by atoms with van der Waals surface area (Å²) in [5, 5.41) is 2.90. The predicted octanol–water partition coefficient (Wildman–Crippen LogP) is 4.89. The number of alkyl halides is 3. The summed E-state index contributed by atoms with van der Waals surface area (Å²) in [5.41, 5.74) is 1.21. The molecule has 2 saturated heterocycles. The van der Waals surface area contributed by atoms with E-state index >= 15 is 0 Å². The van der Waals surface area contributed by atoms with Gasteiger partial charge in [0.2, 0.25) is 0 Å². The maximum absolute atomic E-state index is 13.4. The highest BCUT2D eigenvalue weighted by Crippen LogP contribution is 2.44. The number of aliphatic imine (C=N–C) groups is 1. The van der Waals surface area contributed by atoms with Gasteiger partial charge in [0.15, 0.2) is 0 Å². The summed E-state index contributed by atoms with van der Waals surface area (Å²) in [6, 6.07) is 8.59. The standard InChI is InChI=1S/C30H36BF3N4O3/c1-17-7-10-20(31-40-27(3,4)28(5,6)41-31)15-22(17)38-14-13-29(16-18(38)2)26(39)36-25(37-29)21-11-12-23(30(32,33)34)35-24(21)19-8-9-19/h7,10-12,15,18-19H,8-9,13-14,16H2,1-6H3,(H,36,37,39)/t18-,29+/m0/s1. The summed E-state index contributed by atoms with van der Waals surface area (Å²) < 4.78 is 52.6. The second-order valence-corrected chi connectivity index (χ2v) is 13.0. The van der Waals surface area contributed by atoms with E-state index in [9.17, 15) is 18.0 Å². The number of anilines is 1. The van der Waals surface area contributed by atoms with Crippen molar-refractivity contribution in [3.05, 3.63) is 52.8 Å². The molecule has 2 aromatic rings. The van der Waals surface area contributed by atoms with E-state index in [1.165, 1.54) is 6.07 Å². The zero-order valence-electron chi connectivity index (χ0n) is 24.4. The molecule has 1 aliphatic carbocycles. The molecule has 1 aromatic heterocycles. The van der Waals surface area contributed by atoms with E-state index in [0.717, 1.165) is 35.6 Å². The number of piperidine rings is 1. The third-order valence-corrected chi connectivity index (χ3v) is 9.41. The molecular weight excluding hydrogens is 532 g/mol. The number of aromatic nitrogens is 1. The number of amides is 1. The lowest BCUT2D eigenvalue weighted by Crippen LogP contribution is -2.53. The van der Waals surface area contributed by atoms with Gasteiger partial charge in [0, 0.05) is 36.2 Å². The number of halogens is 3. The number of amidine groups is 1. The molecule has 1 saturated carbocycles. The SMILES string of the molecule is Cc1ccc(B2OC(C)(C)C(C)(C)O2)cc1N1CC[C@]2(C[C@@H]1C)N=C(c1ccc(C(F)(F)F)nc1C1CC1)NC2=O. The van der Waals surface area contributed by atoms with Gasteiger partial charge in [-0.05, 0) is 90.0 Å². The van der Waals surface area contributed by atoms with Gasteiger partial charge in [0.05, 0.1) is 16.9 Å². The van der Waals surface area contributed by atoms with E-state index in [0.29, 0.717) is 36.5 Å². The van der Waals surface area contributed by atoms with E-state index in [4.69, 9.17) is 14.3 Å². The maximum Gasteiger partial charge on any atom is 0.494 e. The first-order chi connectivity index (χ1) is 19.1. The van der Waals surface area contributed by atoms with E-state index in [2.05, 4.69) is 41.2 Å². The quantitative estimate of drug-likeness (QED) is 0.532. The lowest BCUT2D eigenvalue weighted by atomic mass is 9.77. The van der Waals surface area contributed by atoms with Crippen LogP contribution in [0.2, 0.25) is 0 Å². The number of aryl methyl sites for hydroxylation is 1. The molecule has 0 unspecified atom stereocenters. The van der Waals surface area contributed by atoms with Crippen LogP contribution in [-0.4, -0.2) is 53.2 Å². The Morgan fingerprint density at radius 1 is 1.07 bits per heavy atom. The van der Waals surface area contributed by atoms with Crippen LogP contribution in [0.1, 0.15) is 88.7 Å². The van der Waals surface area contributed by atoms with Crippen molar-refractivity contribution in [3.63, 3.8) is 0 Å². The Morgan fingerprint density at radius 2 is 1.76 bits per heavy atom. The largest absolute Gasteiger partial charge is 0.494 e. The van der Waals surface area contributed by atoms with Crippen LogP contribution in [0.5, 0.6) is 0 Å². The lowest BCUT2D eigenvalue weighted by Gasteiger charge is -2.42. The zero-order chi connectivity index (χ0) is 29.5. The van der Waals surface area contributed by atoms with Crippen LogP contribution >= 0.6 is 0 Å². The fourth-order valence-corrected chi connectivity index (χ4v) is 6.10. The molecule has 4 aliphatic rings. The Hall–Kier alpha value is -2.92. The van der Waals surface area contributed by atoms with Crippen LogP contribution in [-0.2, 0) is 20.3 Å². The first-order valence-corrected chi connectivity index (χ1v) is 14.3. The number of benzene rings is 1. The van der Waals surface area contributed by atoms with Crippen LogP contribution in [0.4, 0.5) is 18.9 Å². The highest BCUT2D eigenvalue weighted by molar-refractivity contribution is 6.62. The number of nitrogens with one attached hydrogen (secondary N) is 1.